The highest BCUT2D eigenvalue weighted by Gasteiger charge is 2.33. The molecule has 39 heavy (non-hydrogen) atoms. The molecule has 0 fully saturated rings. The zero-order valence-electron chi connectivity index (χ0n) is 21.8. The van der Waals surface area contributed by atoms with Crippen LogP contribution in [0.15, 0.2) is 77.7 Å². The molecule has 0 bridgehead atoms. The van der Waals surface area contributed by atoms with Crippen molar-refractivity contribution in [3.8, 4) is 0 Å². The average Bonchev–Trinajstić information content (AvgIpc) is 2.90. The van der Waals surface area contributed by atoms with Crippen LogP contribution in [0.5, 0.6) is 0 Å². The lowest BCUT2D eigenvalue weighted by atomic mass is 10.1. The van der Waals surface area contributed by atoms with Gasteiger partial charge in [0.15, 0.2) is 0 Å². The van der Waals surface area contributed by atoms with Crippen molar-refractivity contribution < 1.29 is 18.0 Å². The second-order valence-electron chi connectivity index (χ2n) is 9.07. The number of hydrogen-bond donors (Lipinski definition) is 1. The van der Waals surface area contributed by atoms with Crippen molar-refractivity contribution in [2.75, 3.05) is 10.8 Å². The van der Waals surface area contributed by atoms with Crippen LogP contribution in [0.4, 0.5) is 5.69 Å². The molecule has 0 saturated carbocycles. The number of amides is 2. The summed E-state index contributed by atoms with van der Waals surface area (Å²) >= 11 is 18.6. The largest absolute Gasteiger partial charge is 0.352 e. The third-order valence-corrected chi connectivity index (χ3v) is 8.75. The summed E-state index contributed by atoms with van der Waals surface area (Å²) in [6.45, 7) is 4.82. The zero-order chi connectivity index (χ0) is 28.7. The standard InChI is InChI=1S/C28H30Cl3N3O4S/c1-4-19(2)32-28(36)20(3)33(17-21-9-8-10-22(29)15-21)27(35)18-34(26-14-13-23(30)16-25(26)31)39(37,38)24-11-6-5-7-12-24/h5-16,19-20H,4,17-18H2,1-3H3,(H,32,36)/t19-,20-/m1/s1. The van der Waals surface area contributed by atoms with Crippen LogP contribution in [-0.2, 0) is 26.2 Å². The minimum atomic E-state index is -4.23. The van der Waals surface area contributed by atoms with Crippen molar-refractivity contribution in [1.82, 2.24) is 10.2 Å². The summed E-state index contributed by atoms with van der Waals surface area (Å²) in [6, 6.07) is 18.0. The highest BCUT2D eigenvalue weighted by atomic mass is 35.5. The second kappa shape index (κ2) is 13.5. The Morgan fingerprint density at radius 3 is 2.18 bits per heavy atom. The van der Waals surface area contributed by atoms with E-state index in [1.54, 1.807) is 49.4 Å². The molecule has 7 nitrogen and oxygen atoms in total. The maximum absolute atomic E-state index is 13.9. The molecule has 2 atom stereocenters. The van der Waals surface area contributed by atoms with Crippen LogP contribution >= 0.6 is 34.8 Å². The number of sulfonamides is 1. The fraction of sp³-hybridized carbons (Fsp3) is 0.286. The quantitative estimate of drug-likeness (QED) is 0.281. The Hall–Kier alpha value is -2.78. The molecule has 3 rings (SSSR count). The molecule has 3 aromatic rings. The van der Waals surface area contributed by atoms with Crippen molar-refractivity contribution >= 4 is 62.3 Å². The first-order valence-electron chi connectivity index (χ1n) is 12.3. The Morgan fingerprint density at radius 2 is 1.56 bits per heavy atom. The number of hydrogen-bond acceptors (Lipinski definition) is 4. The third-order valence-electron chi connectivity index (χ3n) is 6.20. The number of benzene rings is 3. The Kier molecular flexibility index (Phi) is 10.7. The van der Waals surface area contributed by atoms with Crippen LogP contribution in [0.2, 0.25) is 15.1 Å². The number of nitrogens with zero attached hydrogens (tertiary/aromatic N) is 2. The fourth-order valence-corrected chi connectivity index (χ4v) is 6.02. The van der Waals surface area contributed by atoms with Crippen LogP contribution < -0.4 is 9.62 Å². The number of nitrogens with one attached hydrogen (secondary N) is 1. The lowest BCUT2D eigenvalue weighted by Gasteiger charge is -2.32. The number of anilines is 1. The van der Waals surface area contributed by atoms with Gasteiger partial charge in [-0.2, -0.15) is 0 Å². The zero-order valence-corrected chi connectivity index (χ0v) is 24.9. The van der Waals surface area contributed by atoms with E-state index >= 15 is 0 Å². The van der Waals surface area contributed by atoms with E-state index in [-0.39, 0.29) is 34.1 Å². The lowest BCUT2D eigenvalue weighted by Crippen LogP contribution is -2.52. The van der Waals surface area contributed by atoms with E-state index in [2.05, 4.69) is 5.32 Å². The molecule has 2 amide bonds. The van der Waals surface area contributed by atoms with Crippen LogP contribution in [0.3, 0.4) is 0 Å². The number of carbonyl (C=O) groups excluding carboxylic acids is 2. The summed E-state index contributed by atoms with van der Waals surface area (Å²) in [5.74, 6) is -0.964. The second-order valence-corrected chi connectivity index (χ2v) is 12.2. The molecule has 0 aliphatic heterocycles. The molecule has 0 unspecified atom stereocenters. The van der Waals surface area contributed by atoms with Gasteiger partial charge in [-0.25, -0.2) is 8.42 Å². The van der Waals surface area contributed by atoms with Crippen LogP contribution in [0.25, 0.3) is 0 Å². The average molecular weight is 611 g/mol. The van der Waals surface area contributed by atoms with E-state index in [4.69, 9.17) is 34.8 Å². The molecular weight excluding hydrogens is 581 g/mol. The monoisotopic (exact) mass is 609 g/mol. The van der Waals surface area contributed by atoms with Gasteiger partial charge in [-0.05, 0) is 68.3 Å². The summed E-state index contributed by atoms with van der Waals surface area (Å²) in [5.41, 5.74) is 0.763. The van der Waals surface area contributed by atoms with E-state index in [1.165, 1.54) is 35.2 Å². The minimum Gasteiger partial charge on any atom is -0.352 e. The van der Waals surface area contributed by atoms with E-state index in [9.17, 15) is 18.0 Å². The molecule has 208 valence electrons. The Bertz CT molecular complexity index is 1420. The van der Waals surface area contributed by atoms with E-state index in [0.29, 0.717) is 22.0 Å². The molecule has 0 aliphatic rings. The van der Waals surface area contributed by atoms with Gasteiger partial charge < -0.3 is 10.2 Å². The summed E-state index contributed by atoms with van der Waals surface area (Å²) in [5, 5.41) is 3.73. The van der Waals surface area contributed by atoms with Crippen molar-refractivity contribution in [2.24, 2.45) is 0 Å². The predicted molar refractivity (Wildman–Crippen MR) is 157 cm³/mol. The molecule has 3 aromatic carbocycles. The number of rotatable bonds is 11. The first kappa shape index (κ1) is 30.8. The highest BCUT2D eigenvalue weighted by molar-refractivity contribution is 7.92. The van der Waals surface area contributed by atoms with Gasteiger partial charge in [0.1, 0.15) is 12.6 Å². The summed E-state index contributed by atoms with van der Waals surface area (Å²) in [7, 11) is -4.23. The third kappa shape index (κ3) is 7.88. The van der Waals surface area contributed by atoms with E-state index < -0.39 is 28.5 Å². The minimum absolute atomic E-state index is 0.0206. The number of halogens is 3. The summed E-state index contributed by atoms with van der Waals surface area (Å²) < 4.78 is 28.5. The van der Waals surface area contributed by atoms with E-state index in [0.717, 1.165) is 4.31 Å². The van der Waals surface area contributed by atoms with Gasteiger partial charge in [0.2, 0.25) is 11.8 Å². The maximum atomic E-state index is 13.9. The Balaban J connectivity index is 2.05. The maximum Gasteiger partial charge on any atom is 0.264 e. The van der Waals surface area contributed by atoms with Gasteiger partial charge in [0.25, 0.3) is 10.0 Å². The van der Waals surface area contributed by atoms with Crippen molar-refractivity contribution in [3.63, 3.8) is 0 Å². The Labute approximate surface area is 244 Å². The molecule has 0 saturated heterocycles. The normalized spacial score (nSPS) is 12.9. The van der Waals surface area contributed by atoms with Crippen LogP contribution in [-0.4, -0.2) is 43.8 Å². The van der Waals surface area contributed by atoms with Crippen LogP contribution in [0.1, 0.15) is 32.8 Å². The van der Waals surface area contributed by atoms with Crippen molar-refractivity contribution in [1.29, 1.82) is 0 Å². The molecule has 11 heteroatoms. The molecule has 0 aromatic heterocycles. The van der Waals surface area contributed by atoms with Gasteiger partial charge in [0.05, 0.1) is 15.6 Å². The molecule has 0 spiro atoms. The van der Waals surface area contributed by atoms with Gasteiger partial charge in [0, 0.05) is 22.6 Å². The molecular formula is C28H30Cl3N3O4S. The predicted octanol–water partition coefficient (Wildman–Crippen LogP) is 6.17. The van der Waals surface area contributed by atoms with Crippen molar-refractivity contribution in [2.45, 2.75) is 50.7 Å². The van der Waals surface area contributed by atoms with Gasteiger partial charge in [-0.15, -0.1) is 0 Å². The molecule has 1 N–H and O–H groups in total. The summed E-state index contributed by atoms with van der Waals surface area (Å²) in [6.07, 6.45) is 0.707. The smallest absolute Gasteiger partial charge is 0.264 e. The molecule has 0 aliphatic carbocycles. The summed E-state index contributed by atoms with van der Waals surface area (Å²) in [4.78, 5) is 28.3. The Morgan fingerprint density at radius 1 is 0.897 bits per heavy atom. The lowest BCUT2D eigenvalue weighted by molar-refractivity contribution is -0.139. The number of carbonyl (C=O) groups is 2. The van der Waals surface area contributed by atoms with Gasteiger partial charge in [-0.1, -0.05) is 72.1 Å². The SMILES string of the molecule is CC[C@@H](C)NC(=O)[C@@H](C)N(Cc1cccc(Cl)c1)C(=O)CN(c1ccc(Cl)cc1Cl)S(=O)(=O)c1ccccc1. The topological polar surface area (TPSA) is 86.8 Å². The van der Waals surface area contributed by atoms with Gasteiger partial charge >= 0.3 is 0 Å². The first-order valence-corrected chi connectivity index (χ1v) is 14.9. The fourth-order valence-electron chi connectivity index (χ4n) is 3.80. The highest BCUT2D eigenvalue weighted by Crippen LogP contribution is 2.33. The molecule has 0 heterocycles. The van der Waals surface area contributed by atoms with Crippen molar-refractivity contribution in [3.05, 3.63) is 93.4 Å². The van der Waals surface area contributed by atoms with E-state index in [1.807, 2.05) is 13.8 Å². The molecule has 0 radical (unpaired) electrons. The van der Waals surface area contributed by atoms with Gasteiger partial charge in [-0.3, -0.25) is 13.9 Å². The van der Waals surface area contributed by atoms with Crippen LogP contribution in [0, 0.1) is 0 Å². The first-order chi connectivity index (χ1) is 18.4.